The number of carbonyl (C=O) groups excluding carboxylic acids is 1. The van der Waals surface area contributed by atoms with Gasteiger partial charge < -0.3 is 14.9 Å². The third-order valence-electron chi connectivity index (χ3n) is 10.5. The quantitative estimate of drug-likeness (QED) is 0.617. The predicted molar refractivity (Wildman–Crippen MR) is 118 cm³/mol. The van der Waals surface area contributed by atoms with Crippen LogP contribution in [0.25, 0.3) is 0 Å². The second-order valence-electron chi connectivity index (χ2n) is 11.9. The maximum absolute atomic E-state index is 12.1. The average molecular weight is 421 g/mol. The number of hydrogen-bond donors (Lipinski definition) is 2. The van der Waals surface area contributed by atoms with Gasteiger partial charge in [0.1, 0.15) is 6.10 Å². The fourth-order valence-electron chi connectivity index (χ4n) is 9.10. The van der Waals surface area contributed by atoms with E-state index in [1.54, 1.807) is 6.92 Å². The van der Waals surface area contributed by atoms with Gasteiger partial charge in [0.05, 0.1) is 6.10 Å². The van der Waals surface area contributed by atoms with Crippen LogP contribution in [0.2, 0.25) is 0 Å². The van der Waals surface area contributed by atoms with Gasteiger partial charge in [0.25, 0.3) is 0 Å². The summed E-state index contributed by atoms with van der Waals surface area (Å²) in [5.74, 6) is 3.40. The van der Waals surface area contributed by atoms with E-state index in [0.717, 1.165) is 38.5 Å². The van der Waals surface area contributed by atoms with E-state index in [1.807, 2.05) is 0 Å². The molecule has 0 amide bonds. The van der Waals surface area contributed by atoms with Crippen molar-refractivity contribution in [2.24, 2.45) is 46.3 Å². The first-order valence-corrected chi connectivity index (χ1v) is 12.7. The van der Waals surface area contributed by atoms with Crippen LogP contribution in [0, 0.1) is 46.3 Å². The minimum atomic E-state index is -0.185. The lowest BCUT2D eigenvalue weighted by molar-refractivity contribution is -0.194. The van der Waals surface area contributed by atoms with Crippen LogP contribution in [-0.2, 0) is 9.53 Å². The zero-order chi connectivity index (χ0) is 21.7. The van der Waals surface area contributed by atoms with Crippen molar-refractivity contribution in [3.05, 3.63) is 0 Å². The molecule has 0 aliphatic heterocycles. The fraction of sp³-hybridized carbons (Fsp3) is 0.962. The summed E-state index contributed by atoms with van der Waals surface area (Å²) in [6.45, 7) is 9.27. The summed E-state index contributed by atoms with van der Waals surface area (Å²) in [6.07, 6.45) is 10.8. The zero-order valence-electron chi connectivity index (χ0n) is 19.6. The molecule has 4 aliphatic rings. The van der Waals surface area contributed by atoms with Crippen molar-refractivity contribution in [3.63, 3.8) is 0 Å². The Morgan fingerprint density at radius 1 is 1.07 bits per heavy atom. The molecule has 2 N–H and O–H groups in total. The van der Waals surface area contributed by atoms with Crippen LogP contribution >= 0.6 is 0 Å². The van der Waals surface area contributed by atoms with Crippen molar-refractivity contribution < 1.29 is 19.7 Å². The molecule has 172 valence electrons. The molecule has 0 aromatic carbocycles. The lowest BCUT2D eigenvalue weighted by atomic mass is 9.43. The van der Waals surface area contributed by atoms with Gasteiger partial charge in [0.2, 0.25) is 0 Å². The highest BCUT2D eigenvalue weighted by Crippen LogP contribution is 2.68. The molecule has 0 aromatic heterocycles. The molecule has 0 saturated heterocycles. The van der Waals surface area contributed by atoms with Gasteiger partial charge in [-0.3, -0.25) is 4.79 Å². The van der Waals surface area contributed by atoms with Crippen molar-refractivity contribution >= 4 is 5.97 Å². The molecule has 0 bridgehead atoms. The van der Waals surface area contributed by atoms with Crippen LogP contribution in [-0.4, -0.2) is 35.0 Å². The van der Waals surface area contributed by atoms with Gasteiger partial charge in [0, 0.05) is 19.4 Å². The van der Waals surface area contributed by atoms with Crippen molar-refractivity contribution in [2.45, 2.75) is 104 Å². The van der Waals surface area contributed by atoms with E-state index in [-0.39, 0.29) is 23.6 Å². The Hall–Kier alpha value is -0.610. The Morgan fingerprint density at radius 3 is 2.47 bits per heavy atom. The molecule has 4 rings (SSSR count). The summed E-state index contributed by atoms with van der Waals surface area (Å²) < 4.78 is 6.05. The minimum Gasteiger partial charge on any atom is -0.462 e. The Kier molecular flexibility index (Phi) is 6.31. The van der Waals surface area contributed by atoms with Gasteiger partial charge in [0.15, 0.2) is 0 Å². The molecule has 4 saturated carbocycles. The normalized spacial score (nSPS) is 48.9. The molecule has 0 unspecified atom stereocenters. The highest BCUT2D eigenvalue weighted by Gasteiger charge is 2.63. The largest absolute Gasteiger partial charge is 0.462 e. The Morgan fingerprint density at radius 2 is 1.77 bits per heavy atom. The van der Waals surface area contributed by atoms with Gasteiger partial charge in [-0.15, -0.1) is 0 Å². The molecule has 0 aromatic rings. The van der Waals surface area contributed by atoms with Crippen LogP contribution in [0.5, 0.6) is 0 Å². The summed E-state index contributed by atoms with van der Waals surface area (Å²) in [6, 6.07) is 0. The standard InChI is InChI=1S/C26H44O4/c1-16(6-5-13-27)20-7-8-21-24-22(10-12-26(20,21)4)25(3)11-9-19(29)14-18(25)15-23(24)30-17(2)28/h16,18-24,27,29H,5-15H2,1-4H3/t16-,18+,19-,20-,21+,22+,23+,24+,25+,26-/m1/s1. The molecule has 4 aliphatic carbocycles. The Bertz CT molecular complexity index is 635. The van der Waals surface area contributed by atoms with Crippen LogP contribution in [0.3, 0.4) is 0 Å². The first-order valence-electron chi connectivity index (χ1n) is 12.7. The highest BCUT2D eigenvalue weighted by atomic mass is 16.5. The molecule has 4 heteroatoms. The number of esters is 1. The second kappa shape index (κ2) is 8.39. The number of ether oxygens (including phenoxy) is 1. The van der Waals surface area contributed by atoms with Crippen molar-refractivity contribution in [1.82, 2.24) is 0 Å². The summed E-state index contributed by atoms with van der Waals surface area (Å²) in [5, 5.41) is 19.7. The van der Waals surface area contributed by atoms with Crippen LogP contribution in [0.15, 0.2) is 0 Å². The summed E-state index contributed by atoms with van der Waals surface area (Å²) >= 11 is 0. The SMILES string of the molecule is CC(=O)O[C@H]1C[C@@H]2C[C@H](O)CC[C@]2(C)[C@H]2CC[C@]3(C)[C@@H]([C@H](C)CCCO)CC[C@H]3[C@H]12. The summed E-state index contributed by atoms with van der Waals surface area (Å²) in [5.41, 5.74) is 0.605. The van der Waals surface area contributed by atoms with Gasteiger partial charge in [-0.2, -0.15) is 0 Å². The Balaban J connectivity index is 1.63. The summed E-state index contributed by atoms with van der Waals surface area (Å²) in [7, 11) is 0. The molecule has 4 fully saturated rings. The van der Waals surface area contributed by atoms with Crippen molar-refractivity contribution in [3.8, 4) is 0 Å². The molecule has 0 heterocycles. The lowest BCUT2D eigenvalue weighted by Crippen LogP contribution is -2.59. The number of aliphatic hydroxyl groups excluding tert-OH is 2. The predicted octanol–water partition coefficient (Wildman–Crippen LogP) is 4.96. The van der Waals surface area contributed by atoms with Gasteiger partial charge >= 0.3 is 5.97 Å². The maximum atomic E-state index is 12.1. The van der Waals surface area contributed by atoms with Crippen LogP contribution in [0.4, 0.5) is 0 Å². The molecular weight excluding hydrogens is 376 g/mol. The molecule has 0 radical (unpaired) electrons. The molecule has 10 atom stereocenters. The van der Waals surface area contributed by atoms with Gasteiger partial charge in [-0.25, -0.2) is 0 Å². The molecule has 4 nitrogen and oxygen atoms in total. The number of carbonyl (C=O) groups is 1. The number of rotatable bonds is 5. The van der Waals surface area contributed by atoms with Crippen LogP contribution < -0.4 is 0 Å². The molecule has 30 heavy (non-hydrogen) atoms. The van der Waals surface area contributed by atoms with E-state index < -0.39 is 0 Å². The maximum Gasteiger partial charge on any atom is 0.302 e. The van der Waals surface area contributed by atoms with E-state index >= 15 is 0 Å². The first kappa shape index (κ1) is 22.6. The number of aliphatic hydroxyl groups is 2. The van der Waals surface area contributed by atoms with Gasteiger partial charge in [-0.1, -0.05) is 20.8 Å². The fourth-order valence-corrected chi connectivity index (χ4v) is 9.10. The minimum absolute atomic E-state index is 0.0204. The lowest BCUT2D eigenvalue weighted by Gasteiger charge is -2.62. The third-order valence-corrected chi connectivity index (χ3v) is 10.5. The van der Waals surface area contributed by atoms with E-state index in [4.69, 9.17) is 4.74 Å². The van der Waals surface area contributed by atoms with E-state index in [1.165, 1.54) is 25.7 Å². The van der Waals surface area contributed by atoms with Crippen molar-refractivity contribution in [1.29, 1.82) is 0 Å². The zero-order valence-corrected chi connectivity index (χ0v) is 19.6. The summed E-state index contributed by atoms with van der Waals surface area (Å²) in [4.78, 5) is 12.1. The average Bonchev–Trinajstić information content (AvgIpc) is 3.04. The smallest absolute Gasteiger partial charge is 0.302 e. The topological polar surface area (TPSA) is 66.8 Å². The molecular formula is C26H44O4. The van der Waals surface area contributed by atoms with E-state index in [0.29, 0.717) is 47.5 Å². The van der Waals surface area contributed by atoms with Gasteiger partial charge in [-0.05, 0) is 105 Å². The second-order valence-corrected chi connectivity index (χ2v) is 11.9. The Labute approximate surface area is 183 Å². The number of hydrogen-bond acceptors (Lipinski definition) is 4. The first-order chi connectivity index (χ1) is 14.2. The molecule has 0 spiro atoms. The van der Waals surface area contributed by atoms with Crippen LogP contribution in [0.1, 0.15) is 91.9 Å². The monoisotopic (exact) mass is 420 g/mol. The van der Waals surface area contributed by atoms with E-state index in [2.05, 4.69) is 20.8 Å². The third kappa shape index (κ3) is 3.64. The van der Waals surface area contributed by atoms with E-state index in [9.17, 15) is 15.0 Å². The van der Waals surface area contributed by atoms with Crippen molar-refractivity contribution in [2.75, 3.05) is 6.61 Å². The highest BCUT2D eigenvalue weighted by molar-refractivity contribution is 5.66. The number of fused-ring (bicyclic) bond motifs is 5.